The quantitative estimate of drug-likeness (QED) is 0.764. The molecule has 25 heavy (non-hydrogen) atoms. The Morgan fingerprint density at radius 1 is 1.00 bits per heavy atom. The Labute approximate surface area is 146 Å². The van der Waals surface area contributed by atoms with Crippen LogP contribution in [0, 0.1) is 4.91 Å². The van der Waals surface area contributed by atoms with Gasteiger partial charge in [0.2, 0.25) is 0 Å². The second kappa shape index (κ2) is 5.58. The molecule has 0 bridgehead atoms. The Hall–Kier alpha value is -2.37. The summed E-state index contributed by atoms with van der Waals surface area (Å²) in [6, 6.07) is 14.4. The highest BCUT2D eigenvalue weighted by molar-refractivity contribution is 5.86. The lowest BCUT2D eigenvalue weighted by molar-refractivity contribution is -0.500. The number of nitrogens with zero attached hydrogens (tertiary/aromatic N) is 4. The largest absolute Gasteiger partial charge is 0.312 e. The number of piperazine rings is 1. The molecule has 2 aliphatic heterocycles. The summed E-state index contributed by atoms with van der Waals surface area (Å²) >= 11 is 0. The van der Waals surface area contributed by atoms with Crippen molar-refractivity contribution in [2.45, 2.75) is 6.17 Å². The van der Waals surface area contributed by atoms with Gasteiger partial charge in [0, 0.05) is 31.1 Å². The molecule has 5 nitrogen and oxygen atoms in total. The van der Waals surface area contributed by atoms with Crippen LogP contribution in [0.1, 0.15) is 5.56 Å². The normalized spacial score (nSPS) is 22.5. The summed E-state index contributed by atoms with van der Waals surface area (Å²) in [5, 5.41) is 1.96. The summed E-state index contributed by atoms with van der Waals surface area (Å²) in [5.41, 5.74) is 4.12. The molecule has 0 radical (unpaired) electrons. The summed E-state index contributed by atoms with van der Waals surface area (Å²) in [4.78, 5) is 22.7. The first-order valence-corrected chi connectivity index (χ1v) is 8.90. The van der Waals surface area contributed by atoms with Gasteiger partial charge in [0.1, 0.15) is 0 Å². The maximum Gasteiger partial charge on any atom is 0.312 e. The molecule has 1 saturated heterocycles. The van der Waals surface area contributed by atoms with Crippen molar-refractivity contribution in [2.24, 2.45) is 4.99 Å². The SMILES string of the molecule is CN1CCN(CC2N=c3cccc4c3=C(c3ccccc3-4)[N+]2=O)CC1. The first kappa shape index (κ1) is 14.9. The molecule has 1 atom stereocenters. The van der Waals surface area contributed by atoms with E-state index in [2.05, 4.69) is 35.0 Å². The van der Waals surface area contributed by atoms with E-state index in [4.69, 9.17) is 4.99 Å². The van der Waals surface area contributed by atoms with E-state index in [1.165, 1.54) is 0 Å². The van der Waals surface area contributed by atoms with Crippen LogP contribution in [-0.2, 0) is 0 Å². The zero-order chi connectivity index (χ0) is 17.0. The first-order valence-electron chi connectivity index (χ1n) is 8.90. The van der Waals surface area contributed by atoms with Gasteiger partial charge in [0.25, 0.3) is 5.70 Å². The fraction of sp³-hybridized carbons (Fsp3) is 0.350. The molecule has 2 heterocycles. The van der Waals surface area contributed by atoms with Gasteiger partial charge in [-0.25, -0.2) is 4.99 Å². The topological polar surface area (TPSA) is 38.9 Å². The highest BCUT2D eigenvalue weighted by Crippen LogP contribution is 2.32. The molecule has 1 fully saturated rings. The molecule has 2 aromatic rings. The number of likely N-dealkylation sites (N-methyl/N-ethyl adjacent to an activating group) is 1. The third-order valence-electron chi connectivity index (χ3n) is 5.55. The van der Waals surface area contributed by atoms with Gasteiger partial charge in [-0.2, -0.15) is 0 Å². The summed E-state index contributed by atoms with van der Waals surface area (Å²) in [6.07, 6.45) is -0.368. The smallest absolute Gasteiger partial charge is 0.304 e. The van der Waals surface area contributed by atoms with E-state index < -0.39 is 0 Å². The predicted octanol–water partition coefficient (Wildman–Crippen LogP) is 0.809. The van der Waals surface area contributed by atoms with Crippen LogP contribution in [0.5, 0.6) is 0 Å². The lowest BCUT2D eigenvalue weighted by Crippen LogP contribution is -2.50. The van der Waals surface area contributed by atoms with E-state index in [0.29, 0.717) is 6.54 Å². The van der Waals surface area contributed by atoms with Crippen molar-refractivity contribution in [2.75, 3.05) is 39.8 Å². The van der Waals surface area contributed by atoms with Crippen LogP contribution >= 0.6 is 0 Å². The van der Waals surface area contributed by atoms with Gasteiger partial charge < -0.3 is 4.90 Å². The Kier molecular flexibility index (Phi) is 3.33. The molecule has 0 N–H and O–H groups in total. The van der Waals surface area contributed by atoms with E-state index in [1.54, 1.807) is 0 Å². The van der Waals surface area contributed by atoms with Crippen LogP contribution in [0.25, 0.3) is 16.8 Å². The molecule has 2 aromatic carbocycles. The minimum Gasteiger partial charge on any atom is -0.304 e. The molecular formula is C20H21N4O+. The molecular weight excluding hydrogens is 312 g/mol. The fourth-order valence-corrected chi connectivity index (χ4v) is 4.15. The van der Waals surface area contributed by atoms with Gasteiger partial charge in [-0.1, -0.05) is 30.3 Å². The summed E-state index contributed by atoms with van der Waals surface area (Å²) in [7, 11) is 2.14. The van der Waals surface area contributed by atoms with Crippen molar-refractivity contribution in [3.8, 4) is 11.1 Å². The number of benzene rings is 2. The Bertz CT molecular complexity index is 989. The monoisotopic (exact) mass is 333 g/mol. The van der Waals surface area contributed by atoms with Crippen LogP contribution < -0.4 is 10.6 Å². The average Bonchev–Trinajstić information content (AvgIpc) is 2.98. The number of rotatable bonds is 2. The summed E-state index contributed by atoms with van der Waals surface area (Å²) < 4.78 is 1.15. The number of hydrogen-bond acceptors (Lipinski definition) is 4. The van der Waals surface area contributed by atoms with Crippen molar-refractivity contribution in [3.05, 3.63) is 63.5 Å². The van der Waals surface area contributed by atoms with Crippen LogP contribution in [-0.4, -0.2) is 60.5 Å². The third kappa shape index (κ3) is 2.27. The highest BCUT2D eigenvalue weighted by atomic mass is 16.3. The molecule has 0 saturated carbocycles. The molecule has 5 rings (SSSR count). The lowest BCUT2D eigenvalue weighted by atomic mass is 10.1. The summed E-state index contributed by atoms with van der Waals surface area (Å²) in [6.45, 7) is 4.77. The molecule has 5 heteroatoms. The summed E-state index contributed by atoms with van der Waals surface area (Å²) in [5.74, 6) is 0. The van der Waals surface area contributed by atoms with Crippen LogP contribution in [0.3, 0.4) is 0 Å². The van der Waals surface area contributed by atoms with E-state index >= 15 is 0 Å². The fourth-order valence-electron chi connectivity index (χ4n) is 4.15. The van der Waals surface area contributed by atoms with Gasteiger partial charge in [0.15, 0.2) is 0 Å². The van der Waals surface area contributed by atoms with Gasteiger partial charge in [-0.05, 0) is 30.3 Å². The molecule has 0 amide bonds. The van der Waals surface area contributed by atoms with Crippen molar-refractivity contribution in [3.63, 3.8) is 0 Å². The average molecular weight is 333 g/mol. The third-order valence-corrected chi connectivity index (χ3v) is 5.55. The van der Waals surface area contributed by atoms with Crippen LogP contribution in [0.4, 0.5) is 0 Å². The van der Waals surface area contributed by atoms with E-state index in [9.17, 15) is 4.91 Å². The van der Waals surface area contributed by atoms with E-state index in [-0.39, 0.29) is 6.17 Å². The zero-order valence-corrected chi connectivity index (χ0v) is 14.4. The standard InChI is InChI=1S/C20H21N4O/c1-22-9-11-23(12-10-22)13-18-21-17-8-4-7-15-14-5-2-3-6-16(14)20(19(15)17)24(18)25/h2-8,18H,9-13H2,1H3/q+1. The molecule has 126 valence electrons. The number of hydrogen-bond donors (Lipinski definition) is 0. The minimum absolute atomic E-state index is 0.368. The molecule has 3 aliphatic rings. The molecule has 1 unspecified atom stereocenters. The Balaban J connectivity index is 1.57. The lowest BCUT2D eigenvalue weighted by Gasteiger charge is -2.32. The van der Waals surface area contributed by atoms with Crippen molar-refractivity contribution < 1.29 is 4.76 Å². The maximum atomic E-state index is 13.2. The molecule has 1 aliphatic carbocycles. The van der Waals surface area contributed by atoms with Gasteiger partial charge in [-0.15, -0.1) is 0 Å². The zero-order valence-electron chi connectivity index (χ0n) is 14.4. The predicted molar refractivity (Wildman–Crippen MR) is 96.5 cm³/mol. The Morgan fingerprint density at radius 2 is 1.72 bits per heavy atom. The maximum absolute atomic E-state index is 13.2. The Morgan fingerprint density at radius 3 is 2.52 bits per heavy atom. The number of fused-ring (bicyclic) bond motifs is 3. The second-order valence-electron chi connectivity index (χ2n) is 7.13. The van der Waals surface area contributed by atoms with Crippen LogP contribution in [0.2, 0.25) is 0 Å². The molecule has 0 aromatic heterocycles. The molecule has 0 spiro atoms. The first-order chi connectivity index (χ1) is 12.2. The highest BCUT2D eigenvalue weighted by Gasteiger charge is 2.40. The van der Waals surface area contributed by atoms with E-state index in [0.717, 1.165) is 63.9 Å². The second-order valence-corrected chi connectivity index (χ2v) is 7.13. The van der Waals surface area contributed by atoms with Crippen molar-refractivity contribution in [1.29, 1.82) is 0 Å². The van der Waals surface area contributed by atoms with Gasteiger partial charge in [0.05, 0.1) is 27.4 Å². The van der Waals surface area contributed by atoms with Crippen LogP contribution in [0.15, 0.2) is 47.5 Å². The minimum atomic E-state index is -0.368. The van der Waals surface area contributed by atoms with Crippen molar-refractivity contribution >= 4 is 5.70 Å². The van der Waals surface area contributed by atoms with Crippen molar-refractivity contribution in [1.82, 2.24) is 9.80 Å². The van der Waals surface area contributed by atoms with Gasteiger partial charge in [-0.3, -0.25) is 4.90 Å². The van der Waals surface area contributed by atoms with E-state index in [1.807, 2.05) is 24.3 Å². The van der Waals surface area contributed by atoms with Gasteiger partial charge >= 0.3 is 6.17 Å². The number of nitroso groups, excluding NO2 is 1.